The van der Waals surface area contributed by atoms with Crippen LogP contribution in [0, 0.1) is 5.92 Å². The third kappa shape index (κ3) is 1.03. The minimum atomic E-state index is 0.491. The second-order valence-electron chi connectivity index (χ2n) is 2.90. The SMILES string of the molecule is CC1=CNC2=CC=CC=CC12. The van der Waals surface area contributed by atoms with Gasteiger partial charge in [-0.3, -0.25) is 0 Å². The van der Waals surface area contributed by atoms with Gasteiger partial charge in [-0.2, -0.15) is 0 Å². The number of hydrogen-bond donors (Lipinski definition) is 1. The van der Waals surface area contributed by atoms with E-state index in [2.05, 4.69) is 48.8 Å². The van der Waals surface area contributed by atoms with Crippen LogP contribution in [0.2, 0.25) is 0 Å². The first-order chi connectivity index (χ1) is 5.38. The molecule has 0 saturated heterocycles. The van der Waals surface area contributed by atoms with E-state index in [0.717, 1.165) is 0 Å². The van der Waals surface area contributed by atoms with E-state index in [9.17, 15) is 0 Å². The molecule has 2 aliphatic rings. The fraction of sp³-hybridized carbons (Fsp3) is 0.200. The van der Waals surface area contributed by atoms with Crippen molar-refractivity contribution in [3.05, 3.63) is 47.9 Å². The van der Waals surface area contributed by atoms with Crippen molar-refractivity contribution in [2.45, 2.75) is 6.92 Å². The Labute approximate surface area is 66.8 Å². The molecule has 1 aliphatic heterocycles. The molecule has 0 amide bonds. The lowest BCUT2D eigenvalue weighted by Crippen LogP contribution is -2.04. The van der Waals surface area contributed by atoms with E-state index in [1.807, 2.05) is 0 Å². The lowest BCUT2D eigenvalue weighted by Gasteiger charge is -2.06. The molecule has 1 N–H and O–H groups in total. The fourth-order valence-corrected chi connectivity index (χ4v) is 1.43. The minimum Gasteiger partial charge on any atom is -0.364 e. The number of allylic oxidation sites excluding steroid dienone is 5. The van der Waals surface area contributed by atoms with Crippen LogP contribution in [0.15, 0.2) is 47.9 Å². The van der Waals surface area contributed by atoms with Crippen LogP contribution in [-0.2, 0) is 0 Å². The van der Waals surface area contributed by atoms with Crippen molar-refractivity contribution in [1.29, 1.82) is 0 Å². The summed E-state index contributed by atoms with van der Waals surface area (Å²) in [6.45, 7) is 2.15. The van der Waals surface area contributed by atoms with Gasteiger partial charge >= 0.3 is 0 Å². The van der Waals surface area contributed by atoms with Crippen LogP contribution >= 0.6 is 0 Å². The van der Waals surface area contributed by atoms with Crippen molar-refractivity contribution in [2.24, 2.45) is 5.92 Å². The molecule has 0 aromatic carbocycles. The molecule has 1 heterocycles. The van der Waals surface area contributed by atoms with Gasteiger partial charge in [-0.25, -0.2) is 0 Å². The zero-order valence-corrected chi connectivity index (χ0v) is 6.54. The highest BCUT2D eigenvalue weighted by Gasteiger charge is 2.17. The van der Waals surface area contributed by atoms with E-state index in [1.54, 1.807) is 0 Å². The van der Waals surface area contributed by atoms with Crippen LogP contribution in [0.4, 0.5) is 0 Å². The zero-order chi connectivity index (χ0) is 7.68. The van der Waals surface area contributed by atoms with Gasteiger partial charge in [0.1, 0.15) is 0 Å². The van der Waals surface area contributed by atoms with Crippen molar-refractivity contribution in [1.82, 2.24) is 5.32 Å². The van der Waals surface area contributed by atoms with E-state index in [-0.39, 0.29) is 0 Å². The van der Waals surface area contributed by atoms with E-state index in [0.29, 0.717) is 5.92 Å². The molecule has 1 nitrogen and oxygen atoms in total. The first-order valence-electron chi connectivity index (χ1n) is 3.86. The summed E-state index contributed by atoms with van der Waals surface area (Å²) >= 11 is 0. The molecule has 1 heteroatoms. The van der Waals surface area contributed by atoms with Gasteiger partial charge in [-0.1, -0.05) is 24.3 Å². The van der Waals surface area contributed by atoms with Crippen LogP contribution in [0.1, 0.15) is 6.92 Å². The van der Waals surface area contributed by atoms with Gasteiger partial charge < -0.3 is 5.32 Å². The Morgan fingerprint density at radius 1 is 1.27 bits per heavy atom. The third-order valence-electron chi connectivity index (χ3n) is 2.09. The molecule has 0 aromatic heterocycles. The summed E-state index contributed by atoms with van der Waals surface area (Å²) in [6, 6.07) is 0. The van der Waals surface area contributed by atoms with Crippen molar-refractivity contribution in [3.63, 3.8) is 0 Å². The molecule has 0 spiro atoms. The molecule has 1 atom stereocenters. The number of nitrogens with one attached hydrogen (secondary N) is 1. The minimum absolute atomic E-state index is 0.491. The van der Waals surface area contributed by atoms with Crippen molar-refractivity contribution in [2.75, 3.05) is 0 Å². The molecule has 56 valence electrons. The van der Waals surface area contributed by atoms with Crippen LogP contribution < -0.4 is 5.32 Å². The molecule has 0 radical (unpaired) electrons. The Hall–Kier alpha value is -1.24. The smallest absolute Gasteiger partial charge is 0.0397 e. The van der Waals surface area contributed by atoms with E-state index >= 15 is 0 Å². The number of rotatable bonds is 0. The number of hydrogen-bond acceptors (Lipinski definition) is 1. The van der Waals surface area contributed by atoms with E-state index in [4.69, 9.17) is 0 Å². The molecule has 1 aliphatic carbocycles. The predicted molar refractivity (Wildman–Crippen MR) is 46.7 cm³/mol. The topological polar surface area (TPSA) is 12.0 Å². The fourth-order valence-electron chi connectivity index (χ4n) is 1.43. The van der Waals surface area contributed by atoms with Gasteiger partial charge in [0.15, 0.2) is 0 Å². The van der Waals surface area contributed by atoms with Gasteiger partial charge in [0.25, 0.3) is 0 Å². The quantitative estimate of drug-likeness (QED) is 0.550. The zero-order valence-electron chi connectivity index (χ0n) is 6.54. The average molecular weight is 145 g/mol. The Morgan fingerprint density at radius 2 is 2.18 bits per heavy atom. The van der Waals surface area contributed by atoms with Gasteiger partial charge in [-0.05, 0) is 18.6 Å². The second kappa shape index (κ2) is 2.42. The van der Waals surface area contributed by atoms with Gasteiger partial charge in [-0.15, -0.1) is 0 Å². The Bertz CT molecular complexity index is 279. The maximum absolute atomic E-state index is 3.24. The first-order valence-corrected chi connectivity index (χ1v) is 3.86. The van der Waals surface area contributed by atoms with Crippen LogP contribution in [0.3, 0.4) is 0 Å². The maximum atomic E-state index is 3.24. The maximum Gasteiger partial charge on any atom is 0.0397 e. The normalized spacial score (nSPS) is 26.8. The summed E-state index contributed by atoms with van der Waals surface area (Å²) in [4.78, 5) is 0. The average Bonchev–Trinajstić information content (AvgIpc) is 2.25. The van der Waals surface area contributed by atoms with E-state index < -0.39 is 0 Å². The Balaban J connectivity index is 2.36. The van der Waals surface area contributed by atoms with Crippen LogP contribution in [0.25, 0.3) is 0 Å². The van der Waals surface area contributed by atoms with Crippen molar-refractivity contribution in [3.8, 4) is 0 Å². The predicted octanol–water partition coefficient (Wildman–Crippen LogP) is 2.12. The third-order valence-corrected chi connectivity index (χ3v) is 2.09. The molecule has 0 saturated carbocycles. The van der Waals surface area contributed by atoms with Gasteiger partial charge in [0.05, 0.1) is 0 Å². The second-order valence-corrected chi connectivity index (χ2v) is 2.90. The Kier molecular flexibility index (Phi) is 1.42. The molecule has 2 rings (SSSR count). The molecule has 0 fully saturated rings. The van der Waals surface area contributed by atoms with Gasteiger partial charge in [0.2, 0.25) is 0 Å². The number of fused-ring (bicyclic) bond motifs is 1. The van der Waals surface area contributed by atoms with Gasteiger partial charge in [0, 0.05) is 17.8 Å². The van der Waals surface area contributed by atoms with E-state index in [1.165, 1.54) is 11.3 Å². The molecular weight excluding hydrogens is 134 g/mol. The largest absolute Gasteiger partial charge is 0.364 e. The highest BCUT2D eigenvalue weighted by atomic mass is 14.9. The lowest BCUT2D eigenvalue weighted by molar-refractivity contribution is 0.891. The summed E-state index contributed by atoms with van der Waals surface area (Å²) in [6.07, 6.45) is 12.6. The molecule has 0 aromatic rings. The summed E-state index contributed by atoms with van der Waals surface area (Å²) in [5, 5.41) is 3.24. The summed E-state index contributed by atoms with van der Waals surface area (Å²) in [7, 11) is 0. The van der Waals surface area contributed by atoms with Crippen molar-refractivity contribution >= 4 is 0 Å². The highest BCUT2D eigenvalue weighted by molar-refractivity contribution is 5.37. The molecule has 0 bridgehead atoms. The molecular formula is C10H11N. The first kappa shape index (κ1) is 6.47. The van der Waals surface area contributed by atoms with Crippen LogP contribution in [0.5, 0.6) is 0 Å². The summed E-state index contributed by atoms with van der Waals surface area (Å²) in [5.74, 6) is 0.491. The monoisotopic (exact) mass is 145 g/mol. The Morgan fingerprint density at radius 3 is 3.09 bits per heavy atom. The molecule has 1 unspecified atom stereocenters. The van der Waals surface area contributed by atoms with Crippen molar-refractivity contribution < 1.29 is 0 Å². The molecule has 11 heavy (non-hydrogen) atoms. The highest BCUT2D eigenvalue weighted by Crippen LogP contribution is 2.26. The van der Waals surface area contributed by atoms with Crippen LogP contribution in [-0.4, -0.2) is 0 Å². The summed E-state index contributed by atoms with van der Waals surface area (Å²) < 4.78 is 0. The summed E-state index contributed by atoms with van der Waals surface area (Å²) in [5.41, 5.74) is 2.67. The lowest BCUT2D eigenvalue weighted by atomic mass is 10.0. The standard InChI is InChI=1S/C10H11N/c1-8-7-11-10-6-4-2-3-5-9(8)10/h2-7,9,11H,1H3.